The number of halogens is 1. The highest BCUT2D eigenvalue weighted by Crippen LogP contribution is 2.44. The molecule has 1 aliphatic heterocycles. The van der Waals surface area contributed by atoms with E-state index in [-0.39, 0.29) is 17.8 Å². The third kappa shape index (κ3) is 6.35. The largest absolute Gasteiger partial charge is 0.467 e. The summed E-state index contributed by atoms with van der Waals surface area (Å²) in [5.41, 5.74) is 0.413. The van der Waals surface area contributed by atoms with Gasteiger partial charge in [-0.3, -0.25) is 4.99 Å². The average Bonchev–Trinajstić information content (AvgIpc) is 3.28. The molecule has 3 unspecified atom stereocenters. The molecule has 2 fully saturated rings. The van der Waals surface area contributed by atoms with E-state index in [1.54, 1.807) is 23.9 Å². The lowest BCUT2D eigenvalue weighted by molar-refractivity contribution is -0.149. The fourth-order valence-electron chi connectivity index (χ4n) is 7.29. The smallest absolute Gasteiger partial charge is 0.336 e. The van der Waals surface area contributed by atoms with Crippen molar-refractivity contribution in [2.75, 3.05) is 33.2 Å². The Morgan fingerprint density at radius 3 is 2.41 bits per heavy atom. The predicted octanol–water partition coefficient (Wildman–Crippen LogP) is 6.34. The van der Waals surface area contributed by atoms with Crippen LogP contribution in [0, 0.1) is 17.7 Å². The van der Waals surface area contributed by atoms with E-state index in [9.17, 15) is 9.18 Å². The van der Waals surface area contributed by atoms with Crippen molar-refractivity contribution in [1.29, 1.82) is 0 Å². The van der Waals surface area contributed by atoms with E-state index in [0.717, 1.165) is 44.3 Å². The lowest BCUT2D eigenvalue weighted by atomic mass is 9.72. The van der Waals surface area contributed by atoms with Crippen LogP contribution < -0.4 is 0 Å². The number of benzene rings is 1. The van der Waals surface area contributed by atoms with Gasteiger partial charge in [-0.05, 0) is 94.2 Å². The second-order valence-corrected chi connectivity index (χ2v) is 12.6. The fourth-order valence-corrected chi connectivity index (χ4v) is 7.81. The van der Waals surface area contributed by atoms with Crippen LogP contribution in [0.25, 0.3) is 0 Å². The molecule has 3 atom stereocenters. The third-order valence-corrected chi connectivity index (χ3v) is 9.83. The average molecular weight is 532 g/mol. The van der Waals surface area contributed by atoms with E-state index in [1.165, 1.54) is 44.8 Å². The molecule has 1 heterocycles. The maximum Gasteiger partial charge on any atom is 0.336 e. The Morgan fingerprint density at radius 2 is 1.81 bits per heavy atom. The van der Waals surface area contributed by atoms with Gasteiger partial charge in [-0.1, -0.05) is 44.2 Å². The monoisotopic (exact) mass is 531 g/mol. The molecule has 0 aromatic heterocycles. The maximum absolute atomic E-state index is 13.6. The molecule has 0 N–H and O–H groups in total. The number of carbonyl (C=O) groups excluding carboxylic acids is 1. The number of hydrogen-bond donors (Lipinski definition) is 0. The summed E-state index contributed by atoms with van der Waals surface area (Å²) in [6, 6.07) is 7.91. The number of ether oxygens (including phenoxy) is 1. The van der Waals surface area contributed by atoms with E-state index in [4.69, 9.17) is 9.73 Å². The first-order valence-electron chi connectivity index (χ1n) is 14.2. The van der Waals surface area contributed by atoms with E-state index in [1.807, 2.05) is 18.5 Å². The standard InChI is InChI=1S/C30H46FN3O2S/c1-33(2)28(24-14-16-25(31)17-15-24)23-12-10-22(11-13-23)20-27-30(18-19-37-4,29(35)36-3)32-21-34(27)26-8-6-5-7-9-26/h14-17,21-23,26-28H,5-13,18-20H2,1-4H3. The van der Waals surface area contributed by atoms with Crippen molar-refractivity contribution in [3.05, 3.63) is 35.6 Å². The molecule has 0 amide bonds. The Morgan fingerprint density at radius 1 is 1.14 bits per heavy atom. The molecule has 2 aliphatic carbocycles. The predicted molar refractivity (Wildman–Crippen MR) is 152 cm³/mol. The van der Waals surface area contributed by atoms with E-state index < -0.39 is 5.54 Å². The van der Waals surface area contributed by atoms with Crippen LogP contribution >= 0.6 is 11.8 Å². The van der Waals surface area contributed by atoms with Gasteiger partial charge in [0.2, 0.25) is 0 Å². The van der Waals surface area contributed by atoms with Gasteiger partial charge in [-0.15, -0.1) is 0 Å². The first kappa shape index (κ1) is 28.4. The van der Waals surface area contributed by atoms with Gasteiger partial charge >= 0.3 is 5.97 Å². The Bertz CT molecular complexity index is 897. The molecule has 5 nitrogen and oxygen atoms in total. The first-order valence-corrected chi connectivity index (χ1v) is 15.6. The van der Waals surface area contributed by atoms with Crippen LogP contribution in [0.15, 0.2) is 29.3 Å². The Hall–Kier alpha value is -1.60. The molecule has 3 aliphatic rings. The van der Waals surface area contributed by atoms with E-state index in [2.05, 4.69) is 30.2 Å². The topological polar surface area (TPSA) is 45.1 Å². The summed E-state index contributed by atoms with van der Waals surface area (Å²) in [4.78, 5) is 23.0. The summed E-state index contributed by atoms with van der Waals surface area (Å²) in [7, 11) is 5.78. The second kappa shape index (κ2) is 13.0. The molecule has 37 heavy (non-hydrogen) atoms. The quantitative estimate of drug-likeness (QED) is 0.330. The minimum Gasteiger partial charge on any atom is -0.467 e. The van der Waals surface area contributed by atoms with Crippen molar-refractivity contribution in [2.45, 2.75) is 94.3 Å². The van der Waals surface area contributed by atoms with Crippen molar-refractivity contribution in [2.24, 2.45) is 16.8 Å². The van der Waals surface area contributed by atoms with Crippen LogP contribution in [0.4, 0.5) is 4.39 Å². The highest BCUT2D eigenvalue weighted by atomic mass is 32.2. The van der Waals surface area contributed by atoms with Gasteiger partial charge in [0.1, 0.15) is 5.82 Å². The highest BCUT2D eigenvalue weighted by Gasteiger charge is 2.53. The minimum atomic E-state index is -0.785. The molecule has 0 saturated heterocycles. The van der Waals surface area contributed by atoms with E-state index in [0.29, 0.717) is 23.9 Å². The SMILES string of the molecule is COC(=O)C1(CCSC)N=CN(C2CCCCC2)C1CC1CCC(C(c2ccc(F)cc2)N(C)C)CC1. The third-order valence-electron chi connectivity index (χ3n) is 9.22. The molecule has 0 radical (unpaired) electrons. The molecule has 1 aromatic carbocycles. The maximum atomic E-state index is 13.6. The van der Waals surface area contributed by atoms with E-state index >= 15 is 0 Å². The molecule has 7 heteroatoms. The van der Waals surface area contributed by atoms with Crippen LogP contribution in [-0.2, 0) is 9.53 Å². The molecule has 0 bridgehead atoms. The zero-order valence-corrected chi connectivity index (χ0v) is 24.0. The van der Waals surface area contributed by atoms with Crippen molar-refractivity contribution in [1.82, 2.24) is 9.80 Å². The Kier molecular flexibility index (Phi) is 9.96. The van der Waals surface area contributed by atoms with Crippen molar-refractivity contribution in [3.8, 4) is 0 Å². The summed E-state index contributed by atoms with van der Waals surface area (Å²) < 4.78 is 19.0. The van der Waals surface area contributed by atoms with Crippen molar-refractivity contribution in [3.63, 3.8) is 0 Å². The number of esters is 1. The summed E-state index contributed by atoms with van der Waals surface area (Å²) in [5, 5.41) is 0. The van der Waals surface area contributed by atoms with Gasteiger partial charge < -0.3 is 14.5 Å². The van der Waals surface area contributed by atoms with Gasteiger partial charge in [0.15, 0.2) is 5.54 Å². The first-order chi connectivity index (χ1) is 17.9. The van der Waals surface area contributed by atoms with Crippen LogP contribution in [-0.4, -0.2) is 72.9 Å². The lowest BCUT2D eigenvalue weighted by Crippen LogP contribution is -2.55. The Labute approximate surface area is 227 Å². The number of carbonyl (C=O) groups is 1. The molecule has 2 saturated carbocycles. The summed E-state index contributed by atoms with van der Waals surface area (Å²) in [6.07, 6.45) is 16.7. The van der Waals surface area contributed by atoms with Crippen LogP contribution in [0.1, 0.15) is 82.2 Å². The van der Waals surface area contributed by atoms with Gasteiger partial charge in [0.05, 0.1) is 19.5 Å². The zero-order chi connectivity index (χ0) is 26.4. The van der Waals surface area contributed by atoms with Crippen molar-refractivity contribution >= 4 is 24.1 Å². The molecule has 0 spiro atoms. The highest BCUT2D eigenvalue weighted by molar-refractivity contribution is 7.98. The van der Waals surface area contributed by atoms with Crippen LogP contribution in [0.2, 0.25) is 0 Å². The van der Waals surface area contributed by atoms with Gasteiger partial charge in [-0.25, -0.2) is 9.18 Å². The number of thioether (sulfide) groups is 1. The molecule has 206 valence electrons. The van der Waals surface area contributed by atoms with Crippen molar-refractivity contribution < 1.29 is 13.9 Å². The van der Waals surface area contributed by atoms with Crippen LogP contribution in [0.5, 0.6) is 0 Å². The second-order valence-electron chi connectivity index (χ2n) is 11.6. The van der Waals surface area contributed by atoms with Gasteiger partial charge in [0.25, 0.3) is 0 Å². The number of methoxy groups -OCH3 is 1. The molecular weight excluding hydrogens is 485 g/mol. The fraction of sp³-hybridized carbons (Fsp3) is 0.733. The summed E-state index contributed by atoms with van der Waals surface area (Å²) in [6.45, 7) is 0. The Balaban J connectivity index is 1.49. The van der Waals surface area contributed by atoms with Gasteiger partial charge in [-0.2, -0.15) is 11.8 Å². The molecule has 1 aromatic rings. The lowest BCUT2D eigenvalue weighted by Gasteiger charge is -2.43. The van der Waals surface area contributed by atoms with Crippen LogP contribution in [0.3, 0.4) is 0 Å². The molecular formula is C30H46FN3O2S. The summed E-state index contributed by atoms with van der Waals surface area (Å²) >= 11 is 1.78. The number of hydrogen-bond acceptors (Lipinski definition) is 6. The number of rotatable bonds is 10. The number of nitrogens with zero attached hydrogens (tertiary/aromatic N) is 3. The zero-order valence-electron chi connectivity index (χ0n) is 23.2. The minimum absolute atomic E-state index is 0.0819. The normalized spacial score (nSPS) is 29.6. The summed E-state index contributed by atoms with van der Waals surface area (Å²) in [5.74, 6) is 1.67. The molecule has 4 rings (SSSR count). The van der Waals surface area contributed by atoms with Gasteiger partial charge in [0, 0.05) is 12.1 Å². The number of aliphatic imine (C=N–C) groups is 1.